The van der Waals surface area contributed by atoms with E-state index in [2.05, 4.69) is 48.8 Å². The zero-order chi connectivity index (χ0) is 9.52. The predicted octanol–water partition coefficient (Wildman–Crippen LogP) is 2.35. The molecule has 0 aliphatic rings. The topological polar surface area (TPSA) is 12.0 Å². The van der Waals surface area contributed by atoms with Gasteiger partial charge in [0.2, 0.25) is 0 Å². The summed E-state index contributed by atoms with van der Waals surface area (Å²) in [6, 6.07) is 8.38. The van der Waals surface area contributed by atoms with Gasteiger partial charge in [-0.25, -0.2) is 0 Å². The number of hydrogen-bond acceptors (Lipinski definition) is 2. The molecule has 1 N–H and O–H groups in total. The van der Waals surface area contributed by atoms with Gasteiger partial charge in [0.15, 0.2) is 0 Å². The van der Waals surface area contributed by atoms with E-state index in [0.29, 0.717) is 0 Å². The number of hydrogen-bond donors (Lipinski definition) is 2. The first-order valence-corrected chi connectivity index (χ1v) is 5.03. The molecule has 13 heavy (non-hydrogen) atoms. The van der Waals surface area contributed by atoms with Crippen LogP contribution in [-0.2, 0) is 6.54 Å². The van der Waals surface area contributed by atoms with E-state index in [4.69, 9.17) is 0 Å². The van der Waals surface area contributed by atoms with Crippen LogP contribution in [0.2, 0.25) is 0 Å². The zero-order valence-corrected chi connectivity index (χ0v) is 8.56. The minimum absolute atomic E-state index is 0.880. The maximum atomic E-state index is 4.12. The van der Waals surface area contributed by atoms with Crippen molar-refractivity contribution in [3.63, 3.8) is 0 Å². The van der Waals surface area contributed by atoms with Gasteiger partial charge in [0, 0.05) is 18.8 Å². The smallest absolute Gasteiger partial charge is 0.0205 e. The Labute approximate surface area is 85.3 Å². The van der Waals surface area contributed by atoms with Crippen LogP contribution in [0, 0.1) is 0 Å². The summed E-state index contributed by atoms with van der Waals surface area (Å²) in [5.74, 6) is 0.880. The predicted molar refractivity (Wildman–Crippen MR) is 62.1 cm³/mol. The summed E-state index contributed by atoms with van der Waals surface area (Å²) >= 11 is 4.12. The summed E-state index contributed by atoms with van der Waals surface area (Å²) in [4.78, 5) is 0. The van der Waals surface area contributed by atoms with Gasteiger partial charge in [0.05, 0.1) is 0 Å². The second-order valence-electron chi connectivity index (χ2n) is 2.85. The number of benzene rings is 1. The Morgan fingerprint density at radius 2 is 2.00 bits per heavy atom. The lowest BCUT2D eigenvalue weighted by Crippen LogP contribution is -2.15. The summed E-state index contributed by atoms with van der Waals surface area (Å²) < 4.78 is 0. The van der Waals surface area contributed by atoms with Gasteiger partial charge in [-0.1, -0.05) is 36.9 Å². The molecule has 1 rings (SSSR count). The molecule has 0 saturated carbocycles. The fraction of sp³-hybridized carbons (Fsp3) is 0.273. The molecule has 0 amide bonds. The average Bonchev–Trinajstić information content (AvgIpc) is 2.19. The van der Waals surface area contributed by atoms with E-state index in [-0.39, 0.29) is 0 Å². The van der Waals surface area contributed by atoms with Gasteiger partial charge in [0.1, 0.15) is 0 Å². The van der Waals surface area contributed by atoms with Crippen LogP contribution in [-0.4, -0.2) is 12.3 Å². The summed E-state index contributed by atoms with van der Waals surface area (Å²) in [6.07, 6.45) is 1.85. The lowest BCUT2D eigenvalue weighted by Gasteiger charge is -2.02. The molecule has 0 fully saturated rings. The Balaban J connectivity index is 2.44. The Morgan fingerprint density at radius 3 is 2.54 bits per heavy atom. The third kappa shape index (κ3) is 3.66. The highest BCUT2D eigenvalue weighted by molar-refractivity contribution is 7.80. The molecule has 1 aromatic rings. The molecule has 0 saturated heterocycles. The minimum Gasteiger partial charge on any atom is -0.312 e. The van der Waals surface area contributed by atoms with Crippen LogP contribution < -0.4 is 5.32 Å². The second kappa shape index (κ2) is 5.84. The molecule has 0 unspecified atom stereocenters. The van der Waals surface area contributed by atoms with E-state index >= 15 is 0 Å². The van der Waals surface area contributed by atoms with Crippen molar-refractivity contribution in [2.45, 2.75) is 6.54 Å². The Morgan fingerprint density at radius 1 is 1.31 bits per heavy atom. The van der Waals surface area contributed by atoms with Crippen molar-refractivity contribution in [3.8, 4) is 0 Å². The van der Waals surface area contributed by atoms with Gasteiger partial charge < -0.3 is 5.32 Å². The van der Waals surface area contributed by atoms with Gasteiger partial charge in [-0.15, -0.1) is 0 Å². The highest BCUT2D eigenvalue weighted by Gasteiger charge is 1.91. The molecular weight excluding hydrogens is 178 g/mol. The van der Waals surface area contributed by atoms with Crippen molar-refractivity contribution in [2.24, 2.45) is 0 Å². The Kier molecular flexibility index (Phi) is 4.65. The lowest BCUT2D eigenvalue weighted by molar-refractivity contribution is 0.733. The van der Waals surface area contributed by atoms with E-state index in [1.54, 1.807) is 0 Å². The van der Waals surface area contributed by atoms with E-state index < -0.39 is 0 Å². The second-order valence-corrected chi connectivity index (χ2v) is 3.29. The standard InChI is InChI=1S/C11H15NS/c1-2-10-3-5-11(6-4-10)9-12-7-8-13/h2-6,12-13H,1,7-9H2. The number of thiol groups is 1. The first-order valence-electron chi connectivity index (χ1n) is 4.40. The quantitative estimate of drug-likeness (QED) is 0.540. The van der Waals surface area contributed by atoms with Crippen LogP contribution in [0.3, 0.4) is 0 Å². The molecule has 0 radical (unpaired) electrons. The van der Waals surface area contributed by atoms with E-state index in [0.717, 1.165) is 24.4 Å². The van der Waals surface area contributed by atoms with Gasteiger partial charge in [-0.05, 0) is 11.1 Å². The van der Waals surface area contributed by atoms with E-state index in [1.165, 1.54) is 5.56 Å². The first-order chi connectivity index (χ1) is 6.36. The maximum Gasteiger partial charge on any atom is 0.0205 e. The highest BCUT2D eigenvalue weighted by atomic mass is 32.1. The van der Waals surface area contributed by atoms with Crippen LogP contribution in [0.5, 0.6) is 0 Å². The van der Waals surface area contributed by atoms with Crippen molar-refractivity contribution < 1.29 is 0 Å². The minimum atomic E-state index is 0.880. The molecule has 0 aromatic heterocycles. The van der Waals surface area contributed by atoms with Crippen LogP contribution in [0.4, 0.5) is 0 Å². The van der Waals surface area contributed by atoms with Gasteiger partial charge in [-0.2, -0.15) is 12.6 Å². The Bertz CT molecular complexity index is 253. The van der Waals surface area contributed by atoms with Crippen molar-refractivity contribution in [1.29, 1.82) is 0 Å². The summed E-state index contributed by atoms with van der Waals surface area (Å²) in [5, 5.41) is 3.29. The zero-order valence-electron chi connectivity index (χ0n) is 7.66. The third-order valence-corrected chi connectivity index (χ3v) is 2.06. The average molecular weight is 193 g/mol. The molecule has 0 atom stereocenters. The van der Waals surface area contributed by atoms with E-state index in [1.807, 2.05) is 6.08 Å². The summed E-state index contributed by atoms with van der Waals surface area (Å²) in [5.41, 5.74) is 2.46. The van der Waals surface area contributed by atoms with Gasteiger partial charge in [0.25, 0.3) is 0 Å². The molecular formula is C11H15NS. The summed E-state index contributed by atoms with van der Waals surface area (Å²) in [7, 11) is 0. The SMILES string of the molecule is C=Cc1ccc(CNCCS)cc1. The van der Waals surface area contributed by atoms with Crippen LogP contribution in [0.15, 0.2) is 30.8 Å². The van der Waals surface area contributed by atoms with Crippen molar-refractivity contribution >= 4 is 18.7 Å². The fourth-order valence-electron chi connectivity index (χ4n) is 1.08. The summed E-state index contributed by atoms with van der Waals surface area (Å²) in [6.45, 7) is 5.58. The largest absolute Gasteiger partial charge is 0.312 e. The van der Waals surface area contributed by atoms with Gasteiger partial charge in [-0.3, -0.25) is 0 Å². The molecule has 70 valence electrons. The van der Waals surface area contributed by atoms with Crippen molar-refractivity contribution in [3.05, 3.63) is 42.0 Å². The molecule has 0 spiro atoms. The molecule has 1 nitrogen and oxygen atoms in total. The first kappa shape index (κ1) is 10.4. The Hall–Kier alpha value is -0.730. The highest BCUT2D eigenvalue weighted by Crippen LogP contribution is 2.04. The molecule has 1 aromatic carbocycles. The van der Waals surface area contributed by atoms with Crippen LogP contribution in [0.1, 0.15) is 11.1 Å². The van der Waals surface area contributed by atoms with Crippen LogP contribution >= 0.6 is 12.6 Å². The maximum absolute atomic E-state index is 4.12. The number of rotatable bonds is 5. The van der Waals surface area contributed by atoms with Gasteiger partial charge >= 0.3 is 0 Å². The third-order valence-electron chi connectivity index (χ3n) is 1.83. The fourth-order valence-corrected chi connectivity index (χ4v) is 1.24. The van der Waals surface area contributed by atoms with E-state index in [9.17, 15) is 0 Å². The number of nitrogens with one attached hydrogen (secondary N) is 1. The molecule has 0 aliphatic heterocycles. The monoisotopic (exact) mass is 193 g/mol. The normalized spacial score (nSPS) is 9.92. The lowest BCUT2D eigenvalue weighted by atomic mass is 10.1. The molecule has 0 heterocycles. The molecule has 0 aliphatic carbocycles. The van der Waals surface area contributed by atoms with Crippen molar-refractivity contribution in [2.75, 3.05) is 12.3 Å². The molecule has 0 bridgehead atoms. The molecule has 2 heteroatoms. The van der Waals surface area contributed by atoms with Crippen molar-refractivity contribution in [1.82, 2.24) is 5.32 Å². The van der Waals surface area contributed by atoms with Crippen LogP contribution in [0.25, 0.3) is 6.08 Å².